The molecule has 0 N–H and O–H groups in total. The predicted molar refractivity (Wildman–Crippen MR) is 53.6 cm³/mol. The second-order valence-corrected chi connectivity index (χ2v) is 3.45. The van der Waals surface area contributed by atoms with Crippen LogP contribution in [0.4, 0.5) is 0 Å². The molecule has 0 aliphatic heterocycles. The molecule has 0 unspecified atom stereocenters. The van der Waals surface area contributed by atoms with Gasteiger partial charge in [0, 0.05) is 14.1 Å². The molecule has 13 heavy (non-hydrogen) atoms. The van der Waals surface area contributed by atoms with Crippen molar-refractivity contribution in [1.29, 1.82) is 0 Å². The molecular formula is C11H15NO. The summed E-state index contributed by atoms with van der Waals surface area (Å²) in [7, 11) is 3.55. The highest BCUT2D eigenvalue weighted by Crippen LogP contribution is 2.05. The van der Waals surface area contributed by atoms with Crippen molar-refractivity contribution in [3.8, 4) is 0 Å². The van der Waals surface area contributed by atoms with Crippen molar-refractivity contribution in [2.75, 3.05) is 14.1 Å². The van der Waals surface area contributed by atoms with Gasteiger partial charge in [-0.05, 0) is 12.5 Å². The van der Waals surface area contributed by atoms with Gasteiger partial charge in [-0.15, -0.1) is 0 Å². The van der Waals surface area contributed by atoms with E-state index in [2.05, 4.69) is 0 Å². The van der Waals surface area contributed by atoms with Gasteiger partial charge in [-0.3, -0.25) is 4.79 Å². The van der Waals surface area contributed by atoms with Crippen molar-refractivity contribution >= 4 is 5.91 Å². The lowest BCUT2D eigenvalue weighted by molar-refractivity contribution is -0.127. The normalized spacial score (nSPS) is 9.77. The SMILES string of the molecule is Cc1cccc(CC(=O)N(C)C)c1. The van der Waals surface area contributed by atoms with Crippen molar-refractivity contribution in [3.63, 3.8) is 0 Å². The van der Waals surface area contributed by atoms with E-state index in [1.54, 1.807) is 19.0 Å². The van der Waals surface area contributed by atoms with E-state index < -0.39 is 0 Å². The molecule has 0 atom stereocenters. The predicted octanol–water partition coefficient (Wildman–Crippen LogP) is 1.63. The van der Waals surface area contributed by atoms with Gasteiger partial charge >= 0.3 is 0 Å². The molecule has 0 aliphatic rings. The molecule has 0 heterocycles. The number of benzene rings is 1. The van der Waals surface area contributed by atoms with Crippen molar-refractivity contribution in [2.45, 2.75) is 13.3 Å². The second kappa shape index (κ2) is 4.08. The molecule has 1 aromatic carbocycles. The van der Waals surface area contributed by atoms with Crippen LogP contribution in [0.3, 0.4) is 0 Å². The monoisotopic (exact) mass is 177 g/mol. The third kappa shape index (κ3) is 2.90. The molecule has 0 saturated carbocycles. The summed E-state index contributed by atoms with van der Waals surface area (Å²) in [6, 6.07) is 8.03. The zero-order valence-electron chi connectivity index (χ0n) is 8.37. The van der Waals surface area contributed by atoms with Gasteiger partial charge in [0.2, 0.25) is 5.91 Å². The Morgan fingerprint density at radius 1 is 1.38 bits per heavy atom. The minimum absolute atomic E-state index is 0.144. The van der Waals surface area contributed by atoms with E-state index in [4.69, 9.17) is 0 Å². The van der Waals surface area contributed by atoms with Crippen LogP contribution in [-0.2, 0) is 11.2 Å². The molecule has 0 fully saturated rings. The Kier molecular flexibility index (Phi) is 3.07. The molecule has 0 spiro atoms. The van der Waals surface area contributed by atoms with Crippen LogP contribution < -0.4 is 0 Å². The van der Waals surface area contributed by atoms with Crippen LogP contribution in [0.1, 0.15) is 11.1 Å². The maximum absolute atomic E-state index is 11.3. The van der Waals surface area contributed by atoms with Gasteiger partial charge in [-0.1, -0.05) is 29.8 Å². The number of hydrogen-bond donors (Lipinski definition) is 0. The molecule has 1 rings (SSSR count). The van der Waals surface area contributed by atoms with Crippen molar-refractivity contribution in [2.24, 2.45) is 0 Å². The summed E-state index contributed by atoms with van der Waals surface area (Å²) < 4.78 is 0. The van der Waals surface area contributed by atoms with E-state index in [9.17, 15) is 4.79 Å². The number of carbonyl (C=O) groups is 1. The average Bonchev–Trinajstić information content (AvgIpc) is 2.04. The fraction of sp³-hybridized carbons (Fsp3) is 0.364. The summed E-state index contributed by atoms with van der Waals surface area (Å²) in [5.74, 6) is 0.144. The summed E-state index contributed by atoms with van der Waals surface area (Å²) in [6.45, 7) is 2.03. The van der Waals surface area contributed by atoms with Crippen molar-refractivity contribution in [3.05, 3.63) is 35.4 Å². The first kappa shape index (κ1) is 9.78. The average molecular weight is 177 g/mol. The standard InChI is InChI=1S/C11H15NO/c1-9-5-4-6-10(7-9)8-11(13)12(2)3/h4-7H,8H2,1-3H3. The lowest BCUT2D eigenvalue weighted by atomic mass is 10.1. The van der Waals surface area contributed by atoms with E-state index >= 15 is 0 Å². The summed E-state index contributed by atoms with van der Waals surface area (Å²) in [5.41, 5.74) is 2.28. The number of amides is 1. The topological polar surface area (TPSA) is 20.3 Å². The summed E-state index contributed by atoms with van der Waals surface area (Å²) in [4.78, 5) is 13.0. The van der Waals surface area contributed by atoms with Crippen molar-refractivity contribution in [1.82, 2.24) is 4.90 Å². The Hall–Kier alpha value is -1.31. The second-order valence-electron chi connectivity index (χ2n) is 3.45. The Morgan fingerprint density at radius 3 is 2.62 bits per heavy atom. The zero-order valence-corrected chi connectivity index (χ0v) is 8.37. The van der Waals surface area contributed by atoms with Crippen LogP contribution in [0, 0.1) is 6.92 Å². The molecule has 0 bridgehead atoms. The van der Waals surface area contributed by atoms with Gasteiger partial charge in [0.05, 0.1) is 6.42 Å². The fourth-order valence-electron chi connectivity index (χ4n) is 1.15. The van der Waals surface area contributed by atoms with Gasteiger partial charge in [0.25, 0.3) is 0 Å². The van der Waals surface area contributed by atoms with Gasteiger partial charge < -0.3 is 4.90 Å². The molecule has 0 aromatic heterocycles. The highest BCUT2D eigenvalue weighted by Gasteiger charge is 2.04. The maximum atomic E-state index is 11.3. The van der Waals surface area contributed by atoms with Gasteiger partial charge in [0.1, 0.15) is 0 Å². The number of aryl methyl sites for hydroxylation is 1. The molecule has 0 aliphatic carbocycles. The Labute approximate surface area is 79.2 Å². The van der Waals surface area contributed by atoms with Crippen LogP contribution in [0.5, 0.6) is 0 Å². The van der Waals surface area contributed by atoms with E-state index in [1.165, 1.54) is 5.56 Å². The molecule has 0 saturated heterocycles. The molecule has 0 radical (unpaired) electrons. The van der Waals surface area contributed by atoms with Crippen LogP contribution in [0.25, 0.3) is 0 Å². The number of nitrogens with zero attached hydrogens (tertiary/aromatic N) is 1. The molecule has 1 aromatic rings. The molecule has 2 nitrogen and oxygen atoms in total. The quantitative estimate of drug-likeness (QED) is 0.672. The highest BCUT2D eigenvalue weighted by molar-refractivity contribution is 5.78. The molecule has 70 valence electrons. The van der Waals surface area contributed by atoms with E-state index in [1.807, 2.05) is 31.2 Å². The lowest BCUT2D eigenvalue weighted by Crippen LogP contribution is -2.23. The van der Waals surface area contributed by atoms with E-state index in [0.29, 0.717) is 6.42 Å². The third-order valence-corrected chi connectivity index (χ3v) is 1.94. The first-order valence-corrected chi connectivity index (χ1v) is 4.35. The Balaban J connectivity index is 2.69. The number of rotatable bonds is 2. The minimum Gasteiger partial charge on any atom is -0.349 e. The first-order valence-electron chi connectivity index (χ1n) is 4.35. The highest BCUT2D eigenvalue weighted by atomic mass is 16.2. The van der Waals surface area contributed by atoms with Crippen LogP contribution in [0.15, 0.2) is 24.3 Å². The summed E-state index contributed by atoms with van der Waals surface area (Å²) >= 11 is 0. The van der Waals surface area contributed by atoms with Gasteiger partial charge in [-0.25, -0.2) is 0 Å². The number of hydrogen-bond acceptors (Lipinski definition) is 1. The summed E-state index contributed by atoms with van der Waals surface area (Å²) in [5, 5.41) is 0. The van der Waals surface area contributed by atoms with E-state index in [0.717, 1.165) is 5.56 Å². The number of likely N-dealkylation sites (N-methyl/N-ethyl adjacent to an activating group) is 1. The largest absolute Gasteiger partial charge is 0.349 e. The minimum atomic E-state index is 0.144. The molecule has 1 amide bonds. The zero-order chi connectivity index (χ0) is 9.84. The van der Waals surface area contributed by atoms with Crippen LogP contribution in [-0.4, -0.2) is 24.9 Å². The lowest BCUT2D eigenvalue weighted by Gasteiger charge is -2.09. The Morgan fingerprint density at radius 2 is 2.08 bits per heavy atom. The molecular weight excluding hydrogens is 162 g/mol. The fourth-order valence-corrected chi connectivity index (χ4v) is 1.15. The summed E-state index contributed by atoms with van der Waals surface area (Å²) in [6.07, 6.45) is 0.495. The first-order chi connectivity index (χ1) is 6.09. The Bertz CT molecular complexity index is 305. The third-order valence-electron chi connectivity index (χ3n) is 1.94. The van der Waals surface area contributed by atoms with Gasteiger partial charge in [-0.2, -0.15) is 0 Å². The van der Waals surface area contributed by atoms with Gasteiger partial charge in [0.15, 0.2) is 0 Å². The van der Waals surface area contributed by atoms with Crippen molar-refractivity contribution < 1.29 is 4.79 Å². The van der Waals surface area contributed by atoms with Crippen LogP contribution in [0.2, 0.25) is 0 Å². The smallest absolute Gasteiger partial charge is 0.226 e. The van der Waals surface area contributed by atoms with Crippen LogP contribution >= 0.6 is 0 Å². The number of carbonyl (C=O) groups excluding carboxylic acids is 1. The molecule has 2 heteroatoms. The maximum Gasteiger partial charge on any atom is 0.226 e. The van der Waals surface area contributed by atoms with E-state index in [-0.39, 0.29) is 5.91 Å².